The number of rotatable bonds is 8. The van der Waals surface area contributed by atoms with E-state index < -0.39 is 10.7 Å². The average molecular weight is 421 g/mol. The van der Waals surface area contributed by atoms with E-state index >= 15 is 0 Å². The van der Waals surface area contributed by atoms with Crippen molar-refractivity contribution in [2.75, 3.05) is 25.5 Å². The minimum absolute atomic E-state index is 0. The highest BCUT2D eigenvalue weighted by atomic mass is 35.5. The predicted molar refractivity (Wildman–Crippen MR) is 115 cm³/mol. The topological polar surface area (TPSA) is 119 Å². The van der Waals surface area contributed by atoms with E-state index in [4.69, 9.17) is 5.73 Å². The molecule has 8 nitrogen and oxygen atoms in total. The largest absolute Gasteiger partial charge is 0.372 e. The second-order valence-corrected chi connectivity index (χ2v) is 6.75. The highest BCUT2D eigenvalue weighted by Crippen LogP contribution is 2.29. The van der Waals surface area contributed by atoms with Gasteiger partial charge in [-0.1, -0.05) is 18.2 Å². The Morgan fingerprint density at radius 1 is 1.17 bits per heavy atom. The van der Waals surface area contributed by atoms with E-state index in [9.17, 15) is 19.7 Å². The molecule has 0 saturated carbocycles. The van der Waals surface area contributed by atoms with Crippen molar-refractivity contribution in [3.63, 3.8) is 0 Å². The molecule has 0 heterocycles. The molecule has 0 aromatic heterocycles. The van der Waals surface area contributed by atoms with Gasteiger partial charge in [-0.25, -0.2) is 0 Å². The lowest BCUT2D eigenvalue weighted by atomic mass is 9.97. The highest BCUT2D eigenvalue weighted by Gasteiger charge is 2.22. The third-order valence-electron chi connectivity index (χ3n) is 4.22. The van der Waals surface area contributed by atoms with Crippen LogP contribution in [0.15, 0.2) is 42.5 Å². The van der Waals surface area contributed by atoms with Gasteiger partial charge in [0.05, 0.1) is 10.5 Å². The number of hydrogen-bond donors (Lipinski definition) is 2. The maximum absolute atomic E-state index is 13.0. The molecule has 2 aromatic rings. The molecule has 29 heavy (non-hydrogen) atoms. The molecule has 156 valence electrons. The number of halogens is 1. The van der Waals surface area contributed by atoms with Gasteiger partial charge in [-0.3, -0.25) is 19.7 Å². The number of ketones is 1. The molecule has 0 spiro atoms. The molecule has 2 aromatic carbocycles. The first-order valence-electron chi connectivity index (χ1n) is 8.85. The molecule has 0 aliphatic carbocycles. The van der Waals surface area contributed by atoms with Crippen molar-refractivity contribution in [3.8, 4) is 0 Å². The Bertz CT molecular complexity index is 900. The molecular weight excluding hydrogens is 396 g/mol. The number of nitro groups is 1. The molecule has 0 aliphatic heterocycles. The minimum Gasteiger partial charge on any atom is -0.372 e. The van der Waals surface area contributed by atoms with E-state index in [0.717, 1.165) is 0 Å². The summed E-state index contributed by atoms with van der Waals surface area (Å²) < 4.78 is 0. The van der Waals surface area contributed by atoms with Crippen molar-refractivity contribution in [1.29, 1.82) is 0 Å². The van der Waals surface area contributed by atoms with Crippen LogP contribution in [0.1, 0.15) is 39.6 Å². The summed E-state index contributed by atoms with van der Waals surface area (Å²) in [6, 6.07) is 10.6. The fourth-order valence-corrected chi connectivity index (χ4v) is 2.73. The summed E-state index contributed by atoms with van der Waals surface area (Å²) in [4.78, 5) is 37.9. The molecule has 2 rings (SSSR count). The Kier molecular flexibility index (Phi) is 8.75. The van der Waals surface area contributed by atoms with Gasteiger partial charge in [0.25, 0.3) is 11.6 Å². The number of nitrogens with zero attached hydrogens (tertiary/aromatic N) is 2. The summed E-state index contributed by atoms with van der Waals surface area (Å²) >= 11 is 0. The molecule has 9 heteroatoms. The van der Waals surface area contributed by atoms with Crippen LogP contribution in [0.25, 0.3) is 0 Å². The first kappa shape index (κ1) is 24.1. The fraction of sp³-hybridized carbons (Fsp3) is 0.300. The summed E-state index contributed by atoms with van der Waals surface area (Å²) in [6.45, 7) is 2.23. The first-order valence-corrected chi connectivity index (χ1v) is 8.85. The van der Waals surface area contributed by atoms with Gasteiger partial charge in [0.2, 0.25) is 0 Å². The lowest BCUT2D eigenvalue weighted by Crippen LogP contribution is -2.30. The van der Waals surface area contributed by atoms with Crippen LogP contribution in [0.4, 0.5) is 11.4 Å². The molecular formula is C20H25ClN4O4. The van der Waals surface area contributed by atoms with Gasteiger partial charge in [0.1, 0.15) is 5.69 Å². The molecule has 1 unspecified atom stereocenters. The van der Waals surface area contributed by atoms with E-state index in [1.54, 1.807) is 37.2 Å². The van der Waals surface area contributed by atoms with Crippen molar-refractivity contribution in [2.45, 2.75) is 19.4 Å². The maximum Gasteiger partial charge on any atom is 0.293 e. The van der Waals surface area contributed by atoms with Gasteiger partial charge in [0, 0.05) is 43.9 Å². The third-order valence-corrected chi connectivity index (χ3v) is 4.22. The number of nitro benzene ring substituents is 1. The van der Waals surface area contributed by atoms with Crippen LogP contribution in [0.5, 0.6) is 0 Å². The summed E-state index contributed by atoms with van der Waals surface area (Å²) in [7, 11) is 3.37. The van der Waals surface area contributed by atoms with Crippen molar-refractivity contribution in [3.05, 3.63) is 69.3 Å². The normalized spacial score (nSPS) is 11.2. The fourth-order valence-electron chi connectivity index (χ4n) is 2.73. The summed E-state index contributed by atoms with van der Waals surface area (Å²) in [5.74, 6) is -0.838. The van der Waals surface area contributed by atoms with E-state index in [1.165, 1.54) is 24.3 Å². The molecule has 1 amide bonds. The van der Waals surface area contributed by atoms with E-state index in [1.807, 2.05) is 6.92 Å². The molecule has 0 aliphatic rings. The number of hydrogen-bond acceptors (Lipinski definition) is 6. The van der Waals surface area contributed by atoms with Gasteiger partial charge >= 0.3 is 0 Å². The van der Waals surface area contributed by atoms with Gasteiger partial charge in [0.15, 0.2) is 5.78 Å². The standard InChI is InChI=1S/C20H24N4O4.ClH/c1-13(21)10-11-22-20(26)16-7-5-4-6-15(16)19(25)14-8-9-17(23(2)3)18(12-14)24(27)28;/h4-9,12-13H,10-11,21H2,1-3H3,(H,22,26);1H. The smallest absolute Gasteiger partial charge is 0.293 e. The third kappa shape index (κ3) is 6.00. The van der Waals surface area contributed by atoms with Crippen molar-refractivity contribution >= 4 is 35.5 Å². The zero-order valence-corrected chi connectivity index (χ0v) is 17.4. The van der Waals surface area contributed by atoms with Gasteiger partial charge in [-0.05, 0) is 31.5 Å². The van der Waals surface area contributed by atoms with Crippen LogP contribution in [0.2, 0.25) is 0 Å². The number of carbonyl (C=O) groups is 2. The number of amides is 1. The molecule has 0 bridgehead atoms. The van der Waals surface area contributed by atoms with Crippen LogP contribution in [0.3, 0.4) is 0 Å². The number of nitrogens with one attached hydrogen (secondary N) is 1. The predicted octanol–water partition coefficient (Wildman–Crippen LogP) is 2.78. The SMILES string of the molecule is CC(N)CCNC(=O)c1ccccc1C(=O)c1ccc(N(C)C)c([N+](=O)[O-])c1.Cl. The van der Waals surface area contributed by atoms with Crippen molar-refractivity contribution in [2.24, 2.45) is 5.73 Å². The molecule has 1 atom stereocenters. The minimum atomic E-state index is -0.529. The molecule has 3 N–H and O–H groups in total. The second kappa shape index (κ2) is 10.5. The zero-order valence-electron chi connectivity index (χ0n) is 16.5. The van der Waals surface area contributed by atoms with Gasteiger partial charge in [-0.2, -0.15) is 0 Å². The van der Waals surface area contributed by atoms with E-state index in [2.05, 4.69) is 5.32 Å². The Balaban J connectivity index is 0.00000420. The first-order chi connectivity index (χ1) is 13.2. The zero-order chi connectivity index (χ0) is 20.8. The van der Waals surface area contributed by atoms with Crippen LogP contribution in [0, 0.1) is 10.1 Å². The van der Waals surface area contributed by atoms with E-state index in [0.29, 0.717) is 18.7 Å². The average Bonchev–Trinajstić information content (AvgIpc) is 2.66. The van der Waals surface area contributed by atoms with Crippen LogP contribution >= 0.6 is 12.4 Å². The highest BCUT2D eigenvalue weighted by molar-refractivity contribution is 6.15. The molecule has 0 saturated heterocycles. The number of nitrogens with two attached hydrogens (primary N) is 1. The lowest BCUT2D eigenvalue weighted by molar-refractivity contribution is -0.384. The van der Waals surface area contributed by atoms with E-state index in [-0.39, 0.29) is 46.7 Å². The second-order valence-electron chi connectivity index (χ2n) is 6.75. The van der Waals surface area contributed by atoms with Gasteiger partial charge in [-0.15, -0.1) is 12.4 Å². The molecule has 0 radical (unpaired) electrons. The van der Waals surface area contributed by atoms with Gasteiger partial charge < -0.3 is 16.0 Å². The maximum atomic E-state index is 13.0. The van der Waals surface area contributed by atoms with Crippen molar-refractivity contribution in [1.82, 2.24) is 5.32 Å². The van der Waals surface area contributed by atoms with Crippen molar-refractivity contribution < 1.29 is 14.5 Å². The number of carbonyl (C=O) groups excluding carboxylic acids is 2. The summed E-state index contributed by atoms with van der Waals surface area (Å²) in [6.07, 6.45) is 0.611. The monoisotopic (exact) mass is 420 g/mol. The quantitative estimate of drug-likeness (QED) is 0.385. The Morgan fingerprint density at radius 2 is 1.79 bits per heavy atom. The summed E-state index contributed by atoms with van der Waals surface area (Å²) in [5.41, 5.74) is 6.45. The Hall–Kier alpha value is -2.97. The van der Waals surface area contributed by atoms with Crippen LogP contribution < -0.4 is 16.0 Å². The summed E-state index contributed by atoms with van der Waals surface area (Å²) in [5, 5.41) is 14.1. The Labute approximate surface area is 175 Å². The van der Waals surface area contributed by atoms with Crippen LogP contribution in [-0.2, 0) is 0 Å². The van der Waals surface area contributed by atoms with Crippen LogP contribution in [-0.4, -0.2) is 43.3 Å². The lowest BCUT2D eigenvalue weighted by Gasteiger charge is -2.14. The number of anilines is 1. The Morgan fingerprint density at radius 3 is 2.34 bits per heavy atom. The molecule has 0 fully saturated rings. The number of benzene rings is 2.